The fourth-order valence-electron chi connectivity index (χ4n) is 5.21. The van der Waals surface area contributed by atoms with Gasteiger partial charge in [-0.1, -0.05) is 17.2 Å². The van der Waals surface area contributed by atoms with Gasteiger partial charge < -0.3 is 20.3 Å². The summed E-state index contributed by atoms with van der Waals surface area (Å²) in [5, 5.41) is 33.0. The molecule has 326 valence electrons. The Morgan fingerprint density at radius 3 is 1.98 bits per heavy atom. The van der Waals surface area contributed by atoms with Crippen molar-refractivity contribution in [2.75, 3.05) is 34.4 Å². The molecule has 6 N–H and O–H groups in total. The molecule has 5 aromatic rings. The molecule has 0 saturated carbocycles. The van der Waals surface area contributed by atoms with Crippen LogP contribution in [-0.2, 0) is 39.7 Å². The Kier molecular flexibility index (Phi) is 14.5. The zero-order chi connectivity index (χ0) is 44.5. The van der Waals surface area contributed by atoms with Crippen molar-refractivity contribution < 1.29 is 63.1 Å². The van der Waals surface area contributed by atoms with E-state index >= 15 is 0 Å². The maximum Gasteiger partial charge on any atom is 0.294 e. The fraction of sp³-hybridized carbons (Fsp3) is 0.176. The van der Waals surface area contributed by atoms with Crippen LogP contribution in [0.4, 0.5) is 52.0 Å². The molecule has 1 unspecified atom stereocenters. The lowest BCUT2D eigenvalue weighted by molar-refractivity contribution is -0.432. The van der Waals surface area contributed by atoms with Crippen LogP contribution < -0.4 is 20.3 Å². The highest BCUT2D eigenvalue weighted by Crippen LogP contribution is 2.35. The average Bonchev–Trinajstić information content (AvgIpc) is 4.05. The molecule has 28 heteroatoms. The maximum absolute atomic E-state index is 12.2. The molecule has 0 amide bonds. The molecule has 1 aliphatic heterocycles. The van der Waals surface area contributed by atoms with Crippen LogP contribution in [0.1, 0.15) is 23.2 Å². The summed E-state index contributed by atoms with van der Waals surface area (Å²) in [5.74, 6) is -0.875. The van der Waals surface area contributed by atoms with Crippen LogP contribution >= 0.6 is 12.0 Å². The van der Waals surface area contributed by atoms with E-state index in [1.165, 1.54) is 53.4 Å². The number of rotatable bonds is 21. The average molecular weight is 933 g/mol. The maximum atomic E-state index is 12.2. The van der Waals surface area contributed by atoms with Gasteiger partial charge in [-0.25, -0.2) is 5.26 Å². The second-order valence-electron chi connectivity index (χ2n) is 12.7. The van der Waals surface area contributed by atoms with Crippen molar-refractivity contribution in [2.24, 2.45) is 20.5 Å². The molecule has 62 heavy (non-hydrogen) atoms. The van der Waals surface area contributed by atoms with Crippen molar-refractivity contribution in [1.82, 2.24) is 15.0 Å². The van der Waals surface area contributed by atoms with E-state index in [0.29, 0.717) is 22.6 Å². The normalized spacial score (nSPS) is 14.3. The summed E-state index contributed by atoms with van der Waals surface area (Å²) >= 11 is 0.725. The first-order valence-electron chi connectivity index (χ1n) is 17.5. The minimum atomic E-state index is -4.53. The Bertz CT molecular complexity index is 2850. The number of hydrogen-bond donors (Lipinski definition) is 6. The number of anilines is 5. The summed E-state index contributed by atoms with van der Waals surface area (Å²) in [6.07, 6.45) is 0.787. The first-order chi connectivity index (χ1) is 29.5. The Balaban J connectivity index is 1.29. The number of ether oxygens (including phenoxy) is 1. The number of hydrogen-bond acceptors (Lipinski definition) is 22. The molecule has 2 heterocycles. The highest BCUT2D eigenvalue weighted by molar-refractivity contribution is 7.94. The minimum absolute atomic E-state index is 0.0168. The van der Waals surface area contributed by atoms with Crippen LogP contribution in [0.5, 0.6) is 5.75 Å². The summed E-state index contributed by atoms with van der Waals surface area (Å²) in [7, 11) is -13.2. The zero-order valence-corrected chi connectivity index (χ0v) is 34.6. The van der Waals surface area contributed by atoms with Crippen molar-refractivity contribution in [3.63, 3.8) is 0 Å². The highest BCUT2D eigenvalue weighted by atomic mass is 32.2. The van der Waals surface area contributed by atoms with Gasteiger partial charge in [-0.05, 0) is 79.6 Å². The van der Waals surface area contributed by atoms with Crippen LogP contribution in [0.15, 0.2) is 115 Å². The molecule has 0 aliphatic carbocycles. The zero-order valence-electron chi connectivity index (χ0n) is 31.4. The number of unbranched alkanes of at least 4 members (excludes halogenated alkanes) is 1. The van der Waals surface area contributed by atoms with Gasteiger partial charge in [0.1, 0.15) is 5.75 Å². The standard InChI is InChI=1S/C34H32N10O14S4/c45-20-21-15-24(42-41-23-6-4-8-27(17-23)61(50,51)52)9-11-28(21)35-32-37-33(39-34(38-32)44-19-31(44)62(53,54)55)36-29-12-10-25(18-30(29)56-13-1-2-14-60(47,48)49)43-40-22-5-3-7-26(16-22)59-58-57-46/h3-12,15-18,20,31,46H,1-2,13-14,19H2,(H,47,48,49)(H,50,51,52)(H,53,54,55)(H2,35,36,37,38,39). The Hall–Kier alpha value is -6.08. The van der Waals surface area contributed by atoms with Gasteiger partial charge in [-0.3, -0.25) is 18.5 Å². The second-order valence-corrected chi connectivity index (χ2v) is 18.0. The fourth-order valence-corrected chi connectivity index (χ4v) is 7.48. The third-order valence-corrected chi connectivity index (χ3v) is 11.4. The molecule has 1 aliphatic rings. The second kappa shape index (κ2) is 19.7. The Morgan fingerprint density at radius 1 is 0.758 bits per heavy atom. The molecule has 0 radical (unpaired) electrons. The van der Waals surface area contributed by atoms with Crippen molar-refractivity contribution in [3.05, 3.63) is 90.5 Å². The number of aldehydes is 1. The minimum Gasteiger partial charge on any atom is -0.491 e. The lowest BCUT2D eigenvalue weighted by Crippen LogP contribution is -2.15. The van der Waals surface area contributed by atoms with Gasteiger partial charge in [0.05, 0.1) is 70.0 Å². The van der Waals surface area contributed by atoms with Gasteiger partial charge >= 0.3 is 0 Å². The van der Waals surface area contributed by atoms with Gasteiger partial charge in [0.2, 0.25) is 17.8 Å². The highest BCUT2D eigenvalue weighted by Gasteiger charge is 2.46. The number of azo groups is 2. The molecule has 1 fully saturated rings. The molecular formula is C34H32N10O14S4. The van der Waals surface area contributed by atoms with Crippen LogP contribution in [-0.4, -0.2) is 89.7 Å². The third-order valence-electron chi connectivity index (χ3n) is 8.12. The molecule has 6 rings (SSSR count). The van der Waals surface area contributed by atoms with E-state index in [1.807, 2.05) is 0 Å². The third kappa shape index (κ3) is 13.2. The number of benzene rings is 4. The molecule has 1 aromatic heterocycles. The first kappa shape index (κ1) is 45.4. The van der Waals surface area contributed by atoms with Gasteiger partial charge in [0.15, 0.2) is 11.7 Å². The van der Waals surface area contributed by atoms with E-state index in [0.717, 1.165) is 18.1 Å². The number of carbonyl (C=O) groups is 1. The van der Waals surface area contributed by atoms with E-state index in [1.54, 1.807) is 30.3 Å². The predicted molar refractivity (Wildman–Crippen MR) is 220 cm³/mol. The smallest absolute Gasteiger partial charge is 0.294 e. The molecule has 24 nitrogen and oxygen atoms in total. The summed E-state index contributed by atoms with van der Waals surface area (Å²) < 4.78 is 108. The number of carbonyl (C=O) groups excluding carboxylic acids is 1. The van der Waals surface area contributed by atoms with Crippen LogP contribution in [0.2, 0.25) is 0 Å². The van der Waals surface area contributed by atoms with Crippen molar-refractivity contribution in [1.29, 1.82) is 0 Å². The molecule has 0 spiro atoms. The Labute approximate surface area is 356 Å². The summed E-state index contributed by atoms with van der Waals surface area (Å²) in [5.41, 5.74) is 1.42. The lowest BCUT2D eigenvalue weighted by Gasteiger charge is -2.15. The molecule has 1 saturated heterocycles. The number of aromatic nitrogens is 3. The van der Waals surface area contributed by atoms with E-state index in [9.17, 15) is 39.2 Å². The van der Waals surface area contributed by atoms with Gasteiger partial charge in [0, 0.05) is 16.5 Å². The summed E-state index contributed by atoms with van der Waals surface area (Å²) in [6.45, 7) is -0.174. The van der Waals surface area contributed by atoms with Gasteiger partial charge in [0.25, 0.3) is 30.4 Å². The Morgan fingerprint density at radius 2 is 1.37 bits per heavy atom. The number of nitrogens with one attached hydrogen (secondary N) is 2. The molecule has 1 atom stereocenters. The first-order valence-corrected chi connectivity index (χ1v) is 22.8. The summed E-state index contributed by atoms with van der Waals surface area (Å²) in [4.78, 5) is 26.5. The predicted octanol–water partition coefficient (Wildman–Crippen LogP) is 6.76. The van der Waals surface area contributed by atoms with Crippen molar-refractivity contribution in [3.8, 4) is 5.75 Å². The van der Waals surface area contributed by atoms with Crippen LogP contribution in [0.3, 0.4) is 0 Å². The van der Waals surface area contributed by atoms with Crippen LogP contribution in [0, 0.1) is 0 Å². The number of nitrogens with zero attached hydrogens (tertiary/aromatic N) is 8. The van der Waals surface area contributed by atoms with E-state index in [2.05, 4.69) is 55.4 Å². The van der Waals surface area contributed by atoms with E-state index < -0.39 is 46.4 Å². The topological polar surface area (TPSA) is 343 Å². The lowest BCUT2D eigenvalue weighted by atomic mass is 10.2. The van der Waals surface area contributed by atoms with Crippen molar-refractivity contribution >= 4 is 101 Å². The van der Waals surface area contributed by atoms with Crippen LogP contribution in [0.25, 0.3) is 0 Å². The van der Waals surface area contributed by atoms with E-state index in [-0.39, 0.29) is 77.9 Å². The monoisotopic (exact) mass is 932 g/mol. The van der Waals surface area contributed by atoms with Gasteiger partial charge in [-0.15, -0.1) is 4.33 Å². The van der Waals surface area contributed by atoms with Gasteiger partial charge in [-0.2, -0.15) is 60.7 Å². The van der Waals surface area contributed by atoms with Crippen molar-refractivity contribution in [2.45, 2.75) is 28.0 Å². The quantitative estimate of drug-likeness (QED) is 0.00646. The molecule has 4 aromatic carbocycles. The largest absolute Gasteiger partial charge is 0.491 e. The summed E-state index contributed by atoms with van der Waals surface area (Å²) in [6, 6.07) is 20.5. The molecular weight excluding hydrogens is 901 g/mol. The molecule has 0 bridgehead atoms. The van der Waals surface area contributed by atoms with E-state index in [4.69, 9.17) is 14.5 Å². The SMILES string of the molecule is O=Cc1cc(N=Nc2cccc(S(=O)(=O)O)c2)ccc1Nc1nc(Nc2ccc(N=Nc3cccc(SOOO)c3)cc2OCCCCS(=O)(=O)O)nc(N2CC2S(=O)(=O)O)n1.